The third kappa shape index (κ3) is 4.39. The second kappa shape index (κ2) is 5.29. The predicted molar refractivity (Wildman–Crippen MR) is 58.5 cm³/mol. The van der Waals surface area contributed by atoms with Gasteiger partial charge in [0.2, 0.25) is 11.9 Å². The molecule has 0 atom stereocenters. The number of aromatic nitrogens is 2. The SMILES string of the molecule is Cc1ccnc(NCC(=O)NC(C)C)n1. The Hall–Kier alpha value is -1.65. The highest BCUT2D eigenvalue weighted by molar-refractivity contribution is 5.80. The maximum Gasteiger partial charge on any atom is 0.239 e. The fourth-order valence-electron chi connectivity index (χ4n) is 1.07. The number of amides is 1. The zero-order valence-corrected chi connectivity index (χ0v) is 9.24. The Morgan fingerprint density at radius 1 is 1.53 bits per heavy atom. The summed E-state index contributed by atoms with van der Waals surface area (Å²) >= 11 is 0. The number of nitrogens with one attached hydrogen (secondary N) is 2. The van der Waals surface area contributed by atoms with Crippen molar-refractivity contribution in [2.45, 2.75) is 26.8 Å². The van der Waals surface area contributed by atoms with Gasteiger partial charge in [-0.25, -0.2) is 9.97 Å². The summed E-state index contributed by atoms with van der Waals surface area (Å²) in [7, 11) is 0. The number of rotatable bonds is 4. The van der Waals surface area contributed by atoms with Crippen molar-refractivity contribution >= 4 is 11.9 Å². The number of hydrogen-bond donors (Lipinski definition) is 2. The third-order valence-corrected chi connectivity index (χ3v) is 1.65. The topological polar surface area (TPSA) is 66.9 Å². The maximum atomic E-state index is 11.3. The van der Waals surface area contributed by atoms with E-state index < -0.39 is 0 Å². The van der Waals surface area contributed by atoms with Gasteiger partial charge < -0.3 is 10.6 Å². The van der Waals surface area contributed by atoms with Gasteiger partial charge in [-0.2, -0.15) is 0 Å². The zero-order valence-electron chi connectivity index (χ0n) is 9.24. The molecule has 1 amide bonds. The van der Waals surface area contributed by atoms with E-state index >= 15 is 0 Å². The van der Waals surface area contributed by atoms with Crippen LogP contribution in [0.5, 0.6) is 0 Å². The predicted octanol–water partition coefficient (Wildman–Crippen LogP) is 0.722. The number of carbonyl (C=O) groups excluding carboxylic acids is 1. The van der Waals surface area contributed by atoms with Crippen LogP contribution in [0.2, 0.25) is 0 Å². The average Bonchev–Trinajstić information content (AvgIpc) is 2.14. The molecule has 0 aliphatic carbocycles. The molecule has 0 saturated heterocycles. The molecule has 0 aromatic carbocycles. The molecule has 0 saturated carbocycles. The largest absolute Gasteiger partial charge is 0.352 e. The fourth-order valence-corrected chi connectivity index (χ4v) is 1.07. The minimum absolute atomic E-state index is 0.0601. The zero-order chi connectivity index (χ0) is 11.3. The molecule has 15 heavy (non-hydrogen) atoms. The Kier molecular flexibility index (Phi) is 4.03. The first-order valence-corrected chi connectivity index (χ1v) is 4.91. The Balaban J connectivity index is 2.40. The van der Waals surface area contributed by atoms with Gasteiger partial charge in [-0.1, -0.05) is 0 Å². The fraction of sp³-hybridized carbons (Fsp3) is 0.500. The standard InChI is InChI=1S/C10H16N4O/c1-7(2)13-9(15)6-12-10-11-5-4-8(3)14-10/h4-5,7H,6H2,1-3H3,(H,13,15)(H,11,12,14). The molecule has 2 N–H and O–H groups in total. The molecule has 82 valence electrons. The van der Waals surface area contributed by atoms with Crippen molar-refractivity contribution in [3.8, 4) is 0 Å². The van der Waals surface area contributed by atoms with E-state index in [0.717, 1.165) is 5.69 Å². The van der Waals surface area contributed by atoms with E-state index in [4.69, 9.17) is 0 Å². The number of hydrogen-bond acceptors (Lipinski definition) is 4. The summed E-state index contributed by atoms with van der Waals surface area (Å²) in [6, 6.07) is 1.96. The van der Waals surface area contributed by atoms with Crippen LogP contribution in [0.15, 0.2) is 12.3 Å². The first-order valence-electron chi connectivity index (χ1n) is 4.91. The third-order valence-electron chi connectivity index (χ3n) is 1.65. The average molecular weight is 208 g/mol. The molecule has 5 heteroatoms. The summed E-state index contributed by atoms with van der Waals surface area (Å²) in [4.78, 5) is 19.4. The van der Waals surface area contributed by atoms with Gasteiger partial charge in [-0.15, -0.1) is 0 Å². The van der Waals surface area contributed by atoms with Crippen molar-refractivity contribution in [2.75, 3.05) is 11.9 Å². The Bertz CT molecular complexity index is 338. The monoisotopic (exact) mass is 208 g/mol. The maximum absolute atomic E-state index is 11.3. The lowest BCUT2D eigenvalue weighted by Crippen LogP contribution is -2.35. The summed E-state index contributed by atoms with van der Waals surface area (Å²) in [6.45, 7) is 5.91. The lowest BCUT2D eigenvalue weighted by Gasteiger charge is -2.09. The molecule has 0 aliphatic rings. The Morgan fingerprint density at radius 3 is 2.87 bits per heavy atom. The van der Waals surface area contributed by atoms with E-state index in [1.165, 1.54) is 0 Å². The summed E-state index contributed by atoms with van der Waals surface area (Å²) in [5, 5.41) is 5.63. The van der Waals surface area contributed by atoms with Gasteiger partial charge in [0.1, 0.15) is 0 Å². The molecular formula is C10H16N4O. The summed E-state index contributed by atoms with van der Waals surface area (Å²) in [5.41, 5.74) is 0.872. The normalized spacial score (nSPS) is 10.1. The molecule has 0 fully saturated rings. The van der Waals surface area contributed by atoms with Crippen LogP contribution >= 0.6 is 0 Å². The Morgan fingerprint density at radius 2 is 2.27 bits per heavy atom. The minimum atomic E-state index is -0.0601. The minimum Gasteiger partial charge on any atom is -0.352 e. The number of aryl methyl sites for hydroxylation is 1. The number of nitrogens with zero attached hydrogens (tertiary/aromatic N) is 2. The summed E-state index contributed by atoms with van der Waals surface area (Å²) < 4.78 is 0. The van der Waals surface area contributed by atoms with Gasteiger partial charge in [0.25, 0.3) is 0 Å². The molecule has 1 aromatic heterocycles. The number of carbonyl (C=O) groups is 1. The van der Waals surface area contributed by atoms with Crippen LogP contribution in [-0.4, -0.2) is 28.5 Å². The lowest BCUT2D eigenvalue weighted by atomic mass is 10.4. The van der Waals surface area contributed by atoms with Crippen LogP contribution in [-0.2, 0) is 4.79 Å². The van der Waals surface area contributed by atoms with Crippen molar-refractivity contribution in [3.63, 3.8) is 0 Å². The molecule has 1 aromatic rings. The van der Waals surface area contributed by atoms with E-state index in [2.05, 4.69) is 20.6 Å². The quantitative estimate of drug-likeness (QED) is 0.765. The van der Waals surface area contributed by atoms with Crippen molar-refractivity contribution in [3.05, 3.63) is 18.0 Å². The van der Waals surface area contributed by atoms with Crippen LogP contribution in [0, 0.1) is 6.92 Å². The van der Waals surface area contributed by atoms with E-state index in [9.17, 15) is 4.79 Å². The van der Waals surface area contributed by atoms with E-state index in [0.29, 0.717) is 5.95 Å². The van der Waals surface area contributed by atoms with Crippen LogP contribution in [0.1, 0.15) is 19.5 Å². The molecule has 0 spiro atoms. The van der Waals surface area contributed by atoms with E-state index in [1.54, 1.807) is 12.3 Å². The first-order chi connectivity index (χ1) is 7.08. The smallest absolute Gasteiger partial charge is 0.239 e. The van der Waals surface area contributed by atoms with E-state index in [-0.39, 0.29) is 18.5 Å². The molecule has 1 rings (SSSR count). The van der Waals surface area contributed by atoms with Crippen molar-refractivity contribution in [1.29, 1.82) is 0 Å². The molecule has 5 nitrogen and oxygen atoms in total. The highest BCUT2D eigenvalue weighted by atomic mass is 16.1. The highest BCUT2D eigenvalue weighted by Gasteiger charge is 2.03. The van der Waals surface area contributed by atoms with Crippen molar-refractivity contribution in [1.82, 2.24) is 15.3 Å². The van der Waals surface area contributed by atoms with Crippen LogP contribution < -0.4 is 10.6 Å². The van der Waals surface area contributed by atoms with Gasteiger partial charge in [0, 0.05) is 17.9 Å². The molecule has 1 heterocycles. The van der Waals surface area contributed by atoms with Gasteiger partial charge in [-0.3, -0.25) is 4.79 Å². The molecule has 0 bridgehead atoms. The van der Waals surface area contributed by atoms with Crippen molar-refractivity contribution in [2.24, 2.45) is 0 Å². The van der Waals surface area contributed by atoms with Gasteiger partial charge in [0.15, 0.2) is 0 Å². The van der Waals surface area contributed by atoms with Crippen molar-refractivity contribution < 1.29 is 4.79 Å². The van der Waals surface area contributed by atoms with Gasteiger partial charge in [0.05, 0.1) is 6.54 Å². The molecule has 0 unspecified atom stereocenters. The van der Waals surface area contributed by atoms with E-state index in [1.807, 2.05) is 20.8 Å². The summed E-state index contributed by atoms with van der Waals surface area (Å²) in [5.74, 6) is 0.420. The second-order valence-electron chi connectivity index (χ2n) is 3.60. The second-order valence-corrected chi connectivity index (χ2v) is 3.60. The van der Waals surface area contributed by atoms with Gasteiger partial charge >= 0.3 is 0 Å². The van der Waals surface area contributed by atoms with Gasteiger partial charge in [-0.05, 0) is 26.8 Å². The highest BCUT2D eigenvalue weighted by Crippen LogP contribution is 1.97. The molecule has 0 aliphatic heterocycles. The molecule has 0 radical (unpaired) electrons. The van der Waals surface area contributed by atoms with Crippen LogP contribution in [0.3, 0.4) is 0 Å². The summed E-state index contributed by atoms with van der Waals surface area (Å²) in [6.07, 6.45) is 1.66. The number of anilines is 1. The first kappa shape index (κ1) is 11.4. The molecular weight excluding hydrogens is 192 g/mol. The lowest BCUT2D eigenvalue weighted by molar-refractivity contribution is -0.119. The van der Waals surface area contributed by atoms with Crippen LogP contribution in [0.25, 0.3) is 0 Å². The van der Waals surface area contributed by atoms with Crippen LogP contribution in [0.4, 0.5) is 5.95 Å². The Labute approximate surface area is 89.3 Å².